The average molecular weight is 467 g/mol. The van der Waals surface area contributed by atoms with E-state index in [2.05, 4.69) is 53.2 Å². The first-order valence-electron chi connectivity index (χ1n) is 5.86. The van der Waals surface area contributed by atoms with Crippen molar-refractivity contribution < 1.29 is 4.39 Å². The lowest BCUT2D eigenvalue weighted by atomic mass is 9.99. The van der Waals surface area contributed by atoms with Gasteiger partial charge in [-0.15, -0.1) is 0 Å². The fourth-order valence-electron chi connectivity index (χ4n) is 1.98. The van der Waals surface area contributed by atoms with Gasteiger partial charge < -0.3 is 0 Å². The molecule has 0 saturated carbocycles. The first-order chi connectivity index (χ1) is 9.51. The van der Waals surface area contributed by atoms with Gasteiger partial charge in [-0.3, -0.25) is 11.3 Å². The van der Waals surface area contributed by atoms with Crippen LogP contribution in [0.3, 0.4) is 0 Å². The van der Waals surface area contributed by atoms with E-state index in [0.717, 1.165) is 20.1 Å². The standard InChI is InChI=1S/C14H12Br3FN2/c15-10-4-9(5-11(16)7-10)13(20-19)6-8-2-1-3-12(18)14(8)17/h1-5,7,13,20H,6,19H2. The van der Waals surface area contributed by atoms with E-state index < -0.39 is 0 Å². The minimum Gasteiger partial charge on any atom is -0.271 e. The minimum absolute atomic E-state index is 0.109. The second kappa shape index (κ2) is 7.13. The third-order valence-corrected chi connectivity index (χ3v) is 4.75. The molecule has 0 aliphatic rings. The van der Waals surface area contributed by atoms with Gasteiger partial charge in [0.1, 0.15) is 5.82 Å². The largest absolute Gasteiger partial charge is 0.271 e. The zero-order chi connectivity index (χ0) is 14.7. The van der Waals surface area contributed by atoms with Gasteiger partial charge in [-0.2, -0.15) is 0 Å². The summed E-state index contributed by atoms with van der Waals surface area (Å²) >= 11 is 10.2. The highest BCUT2D eigenvalue weighted by Gasteiger charge is 2.15. The molecule has 6 heteroatoms. The van der Waals surface area contributed by atoms with E-state index in [1.807, 2.05) is 24.3 Å². The van der Waals surface area contributed by atoms with E-state index in [9.17, 15) is 4.39 Å². The molecule has 0 aliphatic carbocycles. The van der Waals surface area contributed by atoms with Crippen LogP contribution in [0.5, 0.6) is 0 Å². The van der Waals surface area contributed by atoms with Crippen LogP contribution in [0, 0.1) is 5.82 Å². The van der Waals surface area contributed by atoms with Crippen LogP contribution in [-0.4, -0.2) is 0 Å². The van der Waals surface area contributed by atoms with Crippen LogP contribution in [0.2, 0.25) is 0 Å². The van der Waals surface area contributed by atoms with Crippen LogP contribution in [0.1, 0.15) is 17.2 Å². The zero-order valence-corrected chi connectivity index (χ0v) is 15.1. The Kier molecular flexibility index (Phi) is 5.74. The first-order valence-corrected chi connectivity index (χ1v) is 8.24. The minimum atomic E-state index is -0.270. The maximum Gasteiger partial charge on any atom is 0.137 e. The Bertz CT molecular complexity index is 599. The van der Waals surface area contributed by atoms with Gasteiger partial charge in [0.2, 0.25) is 0 Å². The molecule has 0 spiro atoms. The summed E-state index contributed by atoms with van der Waals surface area (Å²) in [5, 5.41) is 0. The fourth-order valence-corrected chi connectivity index (χ4v) is 3.73. The van der Waals surface area contributed by atoms with E-state index in [-0.39, 0.29) is 11.9 Å². The number of halogens is 4. The molecule has 106 valence electrons. The molecule has 3 N–H and O–H groups in total. The molecule has 1 atom stereocenters. The summed E-state index contributed by atoms with van der Waals surface area (Å²) in [6, 6.07) is 10.8. The summed E-state index contributed by atoms with van der Waals surface area (Å²) in [5.41, 5.74) is 4.67. The smallest absolute Gasteiger partial charge is 0.137 e. The molecule has 2 nitrogen and oxygen atoms in total. The predicted octanol–water partition coefficient (Wildman–Crippen LogP) is 4.86. The van der Waals surface area contributed by atoms with Crippen LogP contribution in [0.15, 0.2) is 49.8 Å². The number of hydrazine groups is 1. The Morgan fingerprint density at radius 1 is 1.10 bits per heavy atom. The van der Waals surface area contributed by atoms with Crippen molar-refractivity contribution in [3.8, 4) is 0 Å². The number of hydrogen-bond acceptors (Lipinski definition) is 2. The van der Waals surface area contributed by atoms with Crippen LogP contribution in [-0.2, 0) is 6.42 Å². The summed E-state index contributed by atoms with van der Waals surface area (Å²) in [6.45, 7) is 0. The second-order valence-corrected chi connectivity index (χ2v) is 6.96. The molecule has 0 radical (unpaired) electrons. The highest BCUT2D eigenvalue weighted by Crippen LogP contribution is 2.29. The molecule has 0 bridgehead atoms. The van der Waals surface area contributed by atoms with E-state index in [4.69, 9.17) is 5.84 Å². The van der Waals surface area contributed by atoms with E-state index in [1.165, 1.54) is 6.07 Å². The summed E-state index contributed by atoms with van der Waals surface area (Å²) in [6.07, 6.45) is 0.581. The molecule has 0 aliphatic heterocycles. The lowest BCUT2D eigenvalue weighted by Gasteiger charge is -2.18. The van der Waals surface area contributed by atoms with Crippen molar-refractivity contribution in [2.45, 2.75) is 12.5 Å². The number of benzene rings is 2. The molecular formula is C14H12Br3FN2. The van der Waals surface area contributed by atoms with Crippen molar-refractivity contribution in [1.82, 2.24) is 5.43 Å². The Hall–Kier alpha value is -0.270. The van der Waals surface area contributed by atoms with Gasteiger partial charge in [0, 0.05) is 8.95 Å². The monoisotopic (exact) mass is 464 g/mol. The third kappa shape index (κ3) is 3.89. The Labute approximate surface area is 142 Å². The highest BCUT2D eigenvalue weighted by atomic mass is 79.9. The van der Waals surface area contributed by atoms with Crippen molar-refractivity contribution in [3.05, 3.63) is 66.8 Å². The van der Waals surface area contributed by atoms with Crippen LogP contribution < -0.4 is 11.3 Å². The third-order valence-electron chi connectivity index (χ3n) is 2.94. The molecule has 0 amide bonds. The van der Waals surface area contributed by atoms with Gasteiger partial charge in [0.15, 0.2) is 0 Å². The molecule has 20 heavy (non-hydrogen) atoms. The van der Waals surface area contributed by atoms with Crippen LogP contribution >= 0.6 is 47.8 Å². The number of rotatable bonds is 4. The van der Waals surface area contributed by atoms with Gasteiger partial charge in [-0.05, 0) is 57.7 Å². The van der Waals surface area contributed by atoms with Crippen molar-refractivity contribution in [3.63, 3.8) is 0 Å². The lowest BCUT2D eigenvalue weighted by Crippen LogP contribution is -2.29. The number of nitrogens with two attached hydrogens (primary N) is 1. The topological polar surface area (TPSA) is 38.0 Å². The Morgan fingerprint density at radius 3 is 2.35 bits per heavy atom. The van der Waals surface area contributed by atoms with Crippen molar-refractivity contribution >= 4 is 47.8 Å². The summed E-state index contributed by atoms with van der Waals surface area (Å²) < 4.78 is 15.9. The molecule has 2 aromatic carbocycles. The molecular weight excluding hydrogens is 455 g/mol. The Balaban J connectivity index is 2.31. The summed E-state index contributed by atoms with van der Waals surface area (Å²) in [4.78, 5) is 0. The molecule has 2 aromatic rings. The van der Waals surface area contributed by atoms with E-state index in [1.54, 1.807) is 6.07 Å². The summed E-state index contributed by atoms with van der Waals surface area (Å²) in [5.74, 6) is 5.38. The van der Waals surface area contributed by atoms with E-state index in [0.29, 0.717) is 10.9 Å². The lowest BCUT2D eigenvalue weighted by molar-refractivity contribution is 0.546. The highest BCUT2D eigenvalue weighted by molar-refractivity contribution is 9.11. The predicted molar refractivity (Wildman–Crippen MR) is 89.7 cm³/mol. The normalized spacial score (nSPS) is 12.4. The van der Waals surface area contributed by atoms with Gasteiger partial charge in [-0.1, -0.05) is 44.0 Å². The van der Waals surface area contributed by atoms with Gasteiger partial charge in [0.25, 0.3) is 0 Å². The van der Waals surface area contributed by atoms with Crippen LogP contribution in [0.25, 0.3) is 0 Å². The van der Waals surface area contributed by atoms with Crippen molar-refractivity contribution in [2.24, 2.45) is 5.84 Å². The maximum atomic E-state index is 13.6. The van der Waals surface area contributed by atoms with E-state index >= 15 is 0 Å². The van der Waals surface area contributed by atoms with Gasteiger partial charge in [0.05, 0.1) is 10.5 Å². The first kappa shape index (κ1) is 16.1. The Morgan fingerprint density at radius 2 is 1.75 bits per heavy atom. The molecule has 2 rings (SSSR count). The van der Waals surface area contributed by atoms with Gasteiger partial charge >= 0.3 is 0 Å². The molecule has 0 saturated heterocycles. The van der Waals surface area contributed by atoms with Crippen molar-refractivity contribution in [2.75, 3.05) is 0 Å². The van der Waals surface area contributed by atoms with Crippen LogP contribution in [0.4, 0.5) is 4.39 Å². The molecule has 0 heterocycles. The van der Waals surface area contributed by atoms with Crippen molar-refractivity contribution in [1.29, 1.82) is 0 Å². The average Bonchev–Trinajstić information content (AvgIpc) is 2.39. The molecule has 0 aromatic heterocycles. The number of hydrogen-bond donors (Lipinski definition) is 2. The second-order valence-electron chi connectivity index (χ2n) is 4.34. The fraction of sp³-hybridized carbons (Fsp3) is 0.143. The SMILES string of the molecule is NNC(Cc1cccc(F)c1Br)c1cc(Br)cc(Br)c1. The van der Waals surface area contributed by atoms with Gasteiger partial charge in [-0.25, -0.2) is 4.39 Å². The molecule has 0 fully saturated rings. The summed E-state index contributed by atoms with van der Waals surface area (Å²) in [7, 11) is 0. The zero-order valence-electron chi connectivity index (χ0n) is 10.3. The maximum absolute atomic E-state index is 13.6. The number of nitrogens with one attached hydrogen (secondary N) is 1. The molecule has 1 unspecified atom stereocenters. The quantitative estimate of drug-likeness (QED) is 0.499.